The highest BCUT2D eigenvalue weighted by molar-refractivity contribution is 5.97. The minimum absolute atomic E-state index is 0.0534. The molecule has 1 unspecified atom stereocenters. The van der Waals surface area contributed by atoms with Gasteiger partial charge in [-0.05, 0) is 19.3 Å². The van der Waals surface area contributed by atoms with Gasteiger partial charge in [-0.15, -0.1) is 0 Å². The Hall–Kier alpha value is -1.29. The Morgan fingerprint density at radius 3 is 3.00 bits per heavy atom. The Morgan fingerprint density at radius 1 is 1.47 bits per heavy atom. The lowest BCUT2D eigenvalue weighted by Gasteiger charge is -2.17. The molecule has 2 rings (SSSR count). The van der Waals surface area contributed by atoms with Crippen LogP contribution in [-0.2, 0) is 11.2 Å². The summed E-state index contributed by atoms with van der Waals surface area (Å²) in [6.07, 6.45) is 5.94. The second kappa shape index (κ2) is 5.36. The van der Waals surface area contributed by atoms with Crippen molar-refractivity contribution in [3.05, 3.63) is 23.3 Å². The van der Waals surface area contributed by atoms with Crippen LogP contribution >= 0.6 is 0 Å². The van der Waals surface area contributed by atoms with E-state index in [0.29, 0.717) is 17.8 Å². The summed E-state index contributed by atoms with van der Waals surface area (Å²) >= 11 is 0. The van der Waals surface area contributed by atoms with E-state index in [2.05, 4.69) is 16.9 Å². The molecule has 0 aromatic carbocycles. The van der Waals surface area contributed by atoms with E-state index in [0.717, 1.165) is 31.4 Å². The van der Waals surface area contributed by atoms with Gasteiger partial charge in [0.15, 0.2) is 11.6 Å². The highest BCUT2D eigenvalue weighted by atomic mass is 16.5. The zero-order valence-electron chi connectivity index (χ0n) is 10.4. The van der Waals surface area contributed by atoms with Gasteiger partial charge in [0, 0.05) is 19.7 Å². The van der Waals surface area contributed by atoms with Gasteiger partial charge in [0.1, 0.15) is 6.10 Å². The molecule has 4 nitrogen and oxygen atoms in total. The predicted molar refractivity (Wildman–Crippen MR) is 64.0 cm³/mol. The molecular weight excluding hydrogens is 216 g/mol. The number of carbonyl (C=O) groups is 1. The minimum atomic E-state index is -0.0534. The van der Waals surface area contributed by atoms with Crippen LogP contribution in [0, 0.1) is 0 Å². The van der Waals surface area contributed by atoms with E-state index < -0.39 is 0 Å². The fraction of sp³-hybridized carbons (Fsp3) is 0.615. The lowest BCUT2D eigenvalue weighted by Crippen LogP contribution is -2.16. The van der Waals surface area contributed by atoms with E-state index in [1.807, 2.05) is 0 Å². The summed E-state index contributed by atoms with van der Waals surface area (Å²) in [4.78, 5) is 20.4. The lowest BCUT2D eigenvalue weighted by atomic mass is 9.96. The maximum atomic E-state index is 11.7. The van der Waals surface area contributed by atoms with Crippen molar-refractivity contribution in [1.29, 1.82) is 0 Å². The zero-order chi connectivity index (χ0) is 12.3. The molecule has 0 saturated carbocycles. The van der Waals surface area contributed by atoms with Crippen molar-refractivity contribution >= 4 is 5.78 Å². The fourth-order valence-corrected chi connectivity index (χ4v) is 2.18. The number of methoxy groups -OCH3 is 1. The number of fused-ring (bicyclic) bond motifs is 1. The average Bonchev–Trinajstić information content (AvgIpc) is 2.36. The number of aryl methyl sites for hydroxylation is 1. The van der Waals surface area contributed by atoms with E-state index in [9.17, 15) is 4.79 Å². The van der Waals surface area contributed by atoms with Crippen molar-refractivity contribution in [1.82, 2.24) is 9.97 Å². The van der Waals surface area contributed by atoms with Gasteiger partial charge in [-0.1, -0.05) is 13.3 Å². The second-order valence-electron chi connectivity index (χ2n) is 4.38. The van der Waals surface area contributed by atoms with Crippen LogP contribution in [0.4, 0.5) is 0 Å². The van der Waals surface area contributed by atoms with Gasteiger partial charge >= 0.3 is 0 Å². The summed E-state index contributed by atoms with van der Waals surface area (Å²) in [5.74, 6) is 0.880. The highest BCUT2D eigenvalue weighted by Gasteiger charge is 2.21. The zero-order valence-corrected chi connectivity index (χ0v) is 10.4. The van der Waals surface area contributed by atoms with Gasteiger partial charge in [0.25, 0.3) is 0 Å². The second-order valence-corrected chi connectivity index (χ2v) is 4.38. The van der Waals surface area contributed by atoms with Gasteiger partial charge in [0.2, 0.25) is 0 Å². The Balaban J connectivity index is 2.29. The van der Waals surface area contributed by atoms with E-state index in [-0.39, 0.29) is 11.9 Å². The van der Waals surface area contributed by atoms with E-state index >= 15 is 0 Å². The SMILES string of the molecule is CCCC(OC)c1ncc2c(n1)CCCC2=O. The Kier molecular flexibility index (Phi) is 3.84. The standard InChI is InChI=1S/C13H18N2O2/c1-3-5-12(17-2)13-14-8-9-10(15-13)6-4-7-11(9)16/h8,12H,3-7H2,1-2H3. The van der Waals surface area contributed by atoms with E-state index in [4.69, 9.17) is 4.74 Å². The number of ether oxygens (including phenoxy) is 1. The van der Waals surface area contributed by atoms with Crippen LogP contribution in [0.5, 0.6) is 0 Å². The Morgan fingerprint density at radius 2 is 2.29 bits per heavy atom. The summed E-state index contributed by atoms with van der Waals surface area (Å²) in [5, 5.41) is 0. The monoisotopic (exact) mass is 234 g/mol. The molecule has 0 bridgehead atoms. The van der Waals surface area contributed by atoms with Gasteiger partial charge in [-0.3, -0.25) is 4.79 Å². The maximum absolute atomic E-state index is 11.7. The molecule has 0 aliphatic heterocycles. The van der Waals surface area contributed by atoms with Crippen LogP contribution in [0.3, 0.4) is 0 Å². The lowest BCUT2D eigenvalue weighted by molar-refractivity contribution is 0.0867. The van der Waals surface area contributed by atoms with Crippen molar-refractivity contribution in [3.63, 3.8) is 0 Å². The quantitative estimate of drug-likeness (QED) is 0.803. The van der Waals surface area contributed by atoms with Crippen molar-refractivity contribution in [2.24, 2.45) is 0 Å². The Bertz CT molecular complexity index is 418. The van der Waals surface area contributed by atoms with Crippen LogP contribution in [-0.4, -0.2) is 22.9 Å². The third-order valence-corrected chi connectivity index (χ3v) is 3.13. The van der Waals surface area contributed by atoms with Crippen molar-refractivity contribution < 1.29 is 9.53 Å². The summed E-state index contributed by atoms with van der Waals surface area (Å²) in [7, 11) is 1.67. The van der Waals surface area contributed by atoms with Gasteiger partial charge < -0.3 is 4.74 Å². The molecule has 17 heavy (non-hydrogen) atoms. The smallest absolute Gasteiger partial charge is 0.166 e. The summed E-state index contributed by atoms with van der Waals surface area (Å²) < 4.78 is 5.38. The van der Waals surface area contributed by atoms with E-state index in [1.165, 1.54) is 0 Å². The molecule has 0 N–H and O–H groups in total. The number of ketones is 1. The van der Waals surface area contributed by atoms with Crippen LogP contribution in [0.1, 0.15) is 60.6 Å². The average molecular weight is 234 g/mol. The maximum Gasteiger partial charge on any atom is 0.166 e. The van der Waals surface area contributed by atoms with Crippen LogP contribution in [0.25, 0.3) is 0 Å². The molecule has 0 saturated heterocycles. The first kappa shape index (κ1) is 12.2. The normalized spacial score (nSPS) is 16.7. The third kappa shape index (κ3) is 2.52. The van der Waals surface area contributed by atoms with Gasteiger partial charge in [0.05, 0.1) is 11.3 Å². The molecular formula is C13H18N2O2. The topological polar surface area (TPSA) is 52.1 Å². The van der Waals surface area contributed by atoms with Crippen LogP contribution in [0.2, 0.25) is 0 Å². The molecule has 1 atom stereocenters. The number of aromatic nitrogens is 2. The molecule has 0 amide bonds. The summed E-state index contributed by atoms with van der Waals surface area (Å²) in [6, 6.07) is 0. The van der Waals surface area contributed by atoms with Gasteiger partial charge in [-0.2, -0.15) is 0 Å². The van der Waals surface area contributed by atoms with Crippen LogP contribution < -0.4 is 0 Å². The molecule has 92 valence electrons. The molecule has 0 spiro atoms. The molecule has 1 heterocycles. The molecule has 0 radical (unpaired) electrons. The fourth-order valence-electron chi connectivity index (χ4n) is 2.18. The van der Waals surface area contributed by atoms with E-state index in [1.54, 1.807) is 13.3 Å². The van der Waals surface area contributed by atoms with Crippen LogP contribution in [0.15, 0.2) is 6.20 Å². The molecule has 4 heteroatoms. The molecule has 0 fully saturated rings. The Labute approximate surface area is 101 Å². The number of rotatable bonds is 4. The minimum Gasteiger partial charge on any atom is -0.373 e. The molecule has 1 aromatic heterocycles. The third-order valence-electron chi connectivity index (χ3n) is 3.13. The van der Waals surface area contributed by atoms with Crippen molar-refractivity contribution in [2.45, 2.75) is 45.1 Å². The summed E-state index contributed by atoms with van der Waals surface area (Å²) in [5.41, 5.74) is 1.59. The first-order valence-corrected chi connectivity index (χ1v) is 6.18. The number of Topliss-reactive ketones (excluding diaryl/α,β-unsaturated/α-hetero) is 1. The predicted octanol–water partition coefficient (Wildman–Crippen LogP) is 2.48. The highest BCUT2D eigenvalue weighted by Crippen LogP contribution is 2.23. The van der Waals surface area contributed by atoms with Gasteiger partial charge in [-0.25, -0.2) is 9.97 Å². The van der Waals surface area contributed by atoms with Crippen molar-refractivity contribution in [2.75, 3.05) is 7.11 Å². The summed E-state index contributed by atoms with van der Waals surface area (Å²) in [6.45, 7) is 2.11. The first-order valence-electron chi connectivity index (χ1n) is 6.18. The number of nitrogens with zero attached hydrogens (tertiary/aromatic N) is 2. The molecule has 1 aliphatic rings. The largest absolute Gasteiger partial charge is 0.373 e. The number of hydrogen-bond donors (Lipinski definition) is 0. The first-order chi connectivity index (χ1) is 8.26. The van der Waals surface area contributed by atoms with Crippen molar-refractivity contribution in [3.8, 4) is 0 Å². The molecule has 1 aliphatic carbocycles. The molecule has 1 aromatic rings. The number of carbonyl (C=O) groups excluding carboxylic acids is 1. The number of hydrogen-bond acceptors (Lipinski definition) is 4.